The van der Waals surface area contributed by atoms with Crippen LogP contribution >= 0.6 is 11.6 Å². The van der Waals surface area contributed by atoms with Gasteiger partial charge in [0.15, 0.2) is 0 Å². The number of nitrogens with one attached hydrogen (secondary N) is 1. The molecule has 1 heterocycles. The maximum absolute atomic E-state index is 13.9. The second kappa shape index (κ2) is 6.35. The first kappa shape index (κ1) is 15.0. The fraction of sp³-hybridized carbons (Fsp3) is 0.357. The Morgan fingerprint density at radius 1 is 1.40 bits per heavy atom. The molecule has 0 fully saturated rings. The molecule has 0 aliphatic heterocycles. The molecule has 20 heavy (non-hydrogen) atoms. The lowest BCUT2D eigenvalue weighted by molar-refractivity contribution is 0.491. The van der Waals surface area contributed by atoms with Crippen molar-refractivity contribution in [3.8, 4) is 0 Å². The van der Waals surface area contributed by atoms with E-state index >= 15 is 0 Å². The van der Waals surface area contributed by atoms with Gasteiger partial charge in [-0.25, -0.2) is 4.39 Å². The van der Waals surface area contributed by atoms with Crippen LogP contribution in [0.25, 0.3) is 0 Å². The number of nitrogens with zero attached hydrogens (tertiary/aromatic N) is 2. The molecule has 0 radical (unpaired) electrons. The molecule has 2 rings (SSSR count). The molecule has 0 saturated heterocycles. The summed E-state index contributed by atoms with van der Waals surface area (Å²) in [6.45, 7) is 4.09. The lowest BCUT2D eigenvalue weighted by Gasteiger charge is -2.17. The van der Waals surface area contributed by atoms with Crippen molar-refractivity contribution in [3.05, 3.63) is 52.6 Å². The normalized spacial score (nSPS) is 12.9. The van der Waals surface area contributed by atoms with Gasteiger partial charge in [0.05, 0.1) is 11.7 Å². The number of rotatable bonds is 5. The summed E-state index contributed by atoms with van der Waals surface area (Å²) >= 11 is 6.06. The fourth-order valence-corrected chi connectivity index (χ4v) is 2.37. The second-order valence-electron chi connectivity index (χ2n) is 4.94. The van der Waals surface area contributed by atoms with Gasteiger partial charge >= 0.3 is 0 Å². The van der Waals surface area contributed by atoms with Crippen LogP contribution in [0.3, 0.4) is 0 Å². The zero-order chi connectivity index (χ0) is 14.7. The van der Waals surface area contributed by atoms with Crippen LogP contribution in [0.2, 0.25) is 5.02 Å². The lowest BCUT2D eigenvalue weighted by Crippen LogP contribution is -2.30. The van der Waals surface area contributed by atoms with E-state index in [0.717, 1.165) is 5.69 Å². The molecule has 1 aromatic heterocycles. The third-order valence-electron chi connectivity index (χ3n) is 3.16. The average Bonchev–Trinajstić information content (AvgIpc) is 2.86. The molecule has 108 valence electrons. The molecule has 0 spiro atoms. The van der Waals surface area contributed by atoms with Crippen LogP contribution in [0.5, 0.6) is 0 Å². The van der Waals surface area contributed by atoms with E-state index in [1.807, 2.05) is 30.8 Å². The predicted molar refractivity (Wildman–Crippen MR) is 77.8 cm³/mol. The molecular formula is C14H18ClFN4. The third kappa shape index (κ3) is 3.17. The maximum atomic E-state index is 13.9. The minimum Gasteiger partial charge on any atom is -0.271 e. The first-order chi connectivity index (χ1) is 9.52. The minimum absolute atomic E-state index is 0.282. The van der Waals surface area contributed by atoms with Gasteiger partial charge in [-0.1, -0.05) is 17.7 Å². The van der Waals surface area contributed by atoms with Gasteiger partial charge in [-0.2, -0.15) is 5.10 Å². The molecule has 0 aliphatic rings. The average molecular weight is 297 g/mol. The number of aromatic nitrogens is 2. The molecule has 6 heteroatoms. The third-order valence-corrected chi connectivity index (χ3v) is 3.48. The summed E-state index contributed by atoms with van der Waals surface area (Å²) in [6, 6.07) is 6.36. The highest BCUT2D eigenvalue weighted by Crippen LogP contribution is 2.27. The summed E-state index contributed by atoms with van der Waals surface area (Å²) < 4.78 is 15.8. The maximum Gasteiger partial charge on any atom is 0.129 e. The number of benzene rings is 1. The van der Waals surface area contributed by atoms with Crippen molar-refractivity contribution in [3.63, 3.8) is 0 Å². The van der Waals surface area contributed by atoms with E-state index in [-0.39, 0.29) is 11.9 Å². The predicted octanol–water partition coefficient (Wildman–Crippen LogP) is 3.00. The smallest absolute Gasteiger partial charge is 0.129 e. The number of nitrogens with two attached hydrogens (primary N) is 1. The van der Waals surface area contributed by atoms with Crippen LogP contribution in [0.1, 0.15) is 37.2 Å². The molecule has 2 aromatic rings. The Kier molecular flexibility index (Phi) is 4.75. The van der Waals surface area contributed by atoms with E-state index < -0.39 is 6.04 Å². The van der Waals surface area contributed by atoms with Crippen LogP contribution < -0.4 is 11.3 Å². The first-order valence-corrected chi connectivity index (χ1v) is 6.84. The number of hydrazine groups is 1. The number of halogens is 2. The molecule has 0 aliphatic carbocycles. The van der Waals surface area contributed by atoms with Crippen molar-refractivity contribution >= 4 is 11.6 Å². The Bertz CT molecular complexity index is 562. The van der Waals surface area contributed by atoms with Gasteiger partial charge in [0.1, 0.15) is 5.82 Å². The van der Waals surface area contributed by atoms with Crippen molar-refractivity contribution < 1.29 is 4.39 Å². The van der Waals surface area contributed by atoms with Crippen LogP contribution in [-0.4, -0.2) is 9.78 Å². The van der Waals surface area contributed by atoms with Gasteiger partial charge < -0.3 is 0 Å². The van der Waals surface area contributed by atoms with Crippen LogP contribution in [0.15, 0.2) is 30.5 Å². The molecule has 4 nitrogen and oxygen atoms in total. The van der Waals surface area contributed by atoms with Gasteiger partial charge in [0, 0.05) is 29.2 Å². The fourth-order valence-electron chi connectivity index (χ4n) is 2.07. The Balaban J connectivity index is 2.24. The Morgan fingerprint density at radius 2 is 2.15 bits per heavy atom. The summed E-state index contributed by atoms with van der Waals surface area (Å²) in [6.07, 6.45) is 2.37. The van der Waals surface area contributed by atoms with E-state index in [2.05, 4.69) is 10.5 Å². The van der Waals surface area contributed by atoms with Crippen LogP contribution in [0, 0.1) is 5.82 Å². The summed E-state index contributed by atoms with van der Waals surface area (Å²) in [5.41, 5.74) is 3.82. The zero-order valence-corrected chi connectivity index (χ0v) is 12.2. The van der Waals surface area contributed by atoms with Crippen molar-refractivity contribution in [1.82, 2.24) is 15.2 Å². The SMILES string of the molecule is CC(C)n1ccc(CC(NN)c2c(F)cccc2Cl)n1. The van der Waals surface area contributed by atoms with E-state index in [1.54, 1.807) is 12.1 Å². The Morgan fingerprint density at radius 3 is 2.70 bits per heavy atom. The summed E-state index contributed by atoms with van der Waals surface area (Å²) in [4.78, 5) is 0. The van der Waals surface area contributed by atoms with Gasteiger partial charge in [-0.3, -0.25) is 16.0 Å². The van der Waals surface area contributed by atoms with E-state index in [4.69, 9.17) is 17.4 Å². The van der Waals surface area contributed by atoms with Crippen molar-refractivity contribution in [1.29, 1.82) is 0 Å². The van der Waals surface area contributed by atoms with E-state index in [0.29, 0.717) is 17.0 Å². The lowest BCUT2D eigenvalue weighted by atomic mass is 10.0. The standard InChI is InChI=1S/C14H18ClFN4/c1-9(2)20-7-6-10(19-20)8-13(18-17)14-11(15)4-3-5-12(14)16/h3-7,9,13,18H,8,17H2,1-2H3. The summed E-state index contributed by atoms with van der Waals surface area (Å²) in [7, 11) is 0. The van der Waals surface area contributed by atoms with Crippen molar-refractivity contribution in [2.45, 2.75) is 32.4 Å². The largest absolute Gasteiger partial charge is 0.271 e. The Labute approximate surface area is 122 Å². The van der Waals surface area contributed by atoms with Crippen molar-refractivity contribution in [2.24, 2.45) is 5.84 Å². The molecule has 0 amide bonds. The van der Waals surface area contributed by atoms with Gasteiger partial charge in [0.25, 0.3) is 0 Å². The second-order valence-corrected chi connectivity index (χ2v) is 5.35. The molecule has 1 unspecified atom stereocenters. The molecule has 0 bridgehead atoms. The highest BCUT2D eigenvalue weighted by molar-refractivity contribution is 6.31. The van der Waals surface area contributed by atoms with Crippen LogP contribution in [-0.2, 0) is 6.42 Å². The van der Waals surface area contributed by atoms with E-state index in [1.165, 1.54) is 6.07 Å². The molecule has 1 atom stereocenters. The summed E-state index contributed by atoms with van der Waals surface area (Å²) in [5, 5.41) is 4.80. The summed E-state index contributed by atoms with van der Waals surface area (Å²) in [5.74, 6) is 5.18. The molecule has 1 aromatic carbocycles. The molecule has 0 saturated carbocycles. The van der Waals surface area contributed by atoms with E-state index in [9.17, 15) is 4.39 Å². The van der Waals surface area contributed by atoms with Gasteiger partial charge in [-0.05, 0) is 32.0 Å². The number of hydrogen-bond acceptors (Lipinski definition) is 3. The van der Waals surface area contributed by atoms with Crippen LogP contribution in [0.4, 0.5) is 4.39 Å². The minimum atomic E-state index is -0.417. The quantitative estimate of drug-likeness (QED) is 0.659. The van der Waals surface area contributed by atoms with Gasteiger partial charge in [-0.15, -0.1) is 0 Å². The molecular weight excluding hydrogens is 279 g/mol. The molecule has 3 N–H and O–H groups in total. The van der Waals surface area contributed by atoms with Crippen molar-refractivity contribution in [2.75, 3.05) is 0 Å². The highest BCUT2D eigenvalue weighted by Gasteiger charge is 2.19. The first-order valence-electron chi connectivity index (χ1n) is 6.47. The van der Waals surface area contributed by atoms with Gasteiger partial charge in [0.2, 0.25) is 0 Å². The highest BCUT2D eigenvalue weighted by atomic mass is 35.5. The number of hydrogen-bond donors (Lipinski definition) is 2. The Hall–Kier alpha value is -1.43. The topological polar surface area (TPSA) is 55.9 Å². The zero-order valence-electron chi connectivity index (χ0n) is 11.5. The monoisotopic (exact) mass is 296 g/mol.